The molecule has 0 aromatic heterocycles. The van der Waals surface area contributed by atoms with Crippen LogP contribution in [0.2, 0.25) is 0 Å². The smallest absolute Gasteiger partial charge is 0.256 e. The van der Waals surface area contributed by atoms with Gasteiger partial charge in [0.15, 0.2) is 5.11 Å². The summed E-state index contributed by atoms with van der Waals surface area (Å²) >= 11 is 9.18. The summed E-state index contributed by atoms with van der Waals surface area (Å²) in [7, 11) is 3.74. The van der Waals surface area contributed by atoms with E-state index in [4.69, 9.17) is 17.0 Å². The molecule has 2 aromatic rings. The summed E-state index contributed by atoms with van der Waals surface area (Å²) in [5, 5.41) is 3.34. The van der Waals surface area contributed by atoms with E-state index in [2.05, 4.69) is 38.1 Å². The second kappa shape index (κ2) is 12.1. The second-order valence-electron chi connectivity index (χ2n) is 9.12. The molecule has 36 heavy (non-hydrogen) atoms. The zero-order valence-electron chi connectivity index (χ0n) is 20.7. The van der Waals surface area contributed by atoms with Crippen molar-refractivity contribution in [3.05, 3.63) is 53.0 Å². The zero-order chi connectivity index (χ0) is 25.7. The number of ether oxygens (including phenoxy) is 1. The minimum Gasteiger partial charge on any atom is -0.497 e. The van der Waals surface area contributed by atoms with Gasteiger partial charge in [0.05, 0.1) is 19.2 Å². The molecule has 2 aliphatic rings. The van der Waals surface area contributed by atoms with Crippen LogP contribution in [0.25, 0.3) is 0 Å². The van der Waals surface area contributed by atoms with Crippen LogP contribution in [0.5, 0.6) is 5.75 Å². The van der Waals surface area contributed by atoms with E-state index in [9.17, 15) is 9.59 Å². The fourth-order valence-electron chi connectivity index (χ4n) is 4.51. The average Bonchev–Trinajstić information content (AvgIpc) is 3.10. The van der Waals surface area contributed by atoms with Crippen molar-refractivity contribution in [3.8, 4) is 5.75 Å². The molecule has 0 saturated carbocycles. The Kier molecular flexibility index (Phi) is 8.95. The highest BCUT2D eigenvalue weighted by Crippen LogP contribution is 2.29. The second-order valence-corrected chi connectivity index (χ2v) is 10.4. The number of carbonyl (C=O) groups excluding carboxylic acids is 2. The van der Waals surface area contributed by atoms with Crippen molar-refractivity contribution >= 4 is 56.4 Å². The number of hydrogen-bond acceptors (Lipinski definition) is 6. The first kappa shape index (κ1) is 26.5. The van der Waals surface area contributed by atoms with E-state index < -0.39 is 6.04 Å². The maximum absolute atomic E-state index is 13.6. The molecule has 0 radical (unpaired) electrons. The summed E-state index contributed by atoms with van der Waals surface area (Å²) in [4.78, 5) is 34.7. The van der Waals surface area contributed by atoms with Gasteiger partial charge in [0.2, 0.25) is 5.91 Å². The number of likely N-dealkylation sites (N-methyl/N-ethyl adjacent to an activating group) is 1. The number of nitrogens with one attached hydrogen (secondary N) is 1. The summed E-state index contributed by atoms with van der Waals surface area (Å²) in [6, 6.07) is 13.9. The number of thiocarbonyl (C=S) groups is 1. The van der Waals surface area contributed by atoms with E-state index in [1.807, 2.05) is 41.3 Å². The maximum atomic E-state index is 13.6. The summed E-state index contributed by atoms with van der Waals surface area (Å²) in [5.41, 5.74) is 1.36. The number of amides is 2. The fraction of sp³-hybridized carbons (Fsp3) is 0.423. The van der Waals surface area contributed by atoms with E-state index in [0.717, 1.165) is 43.6 Å². The van der Waals surface area contributed by atoms with Crippen LogP contribution in [0.1, 0.15) is 12.8 Å². The van der Waals surface area contributed by atoms with Crippen LogP contribution in [0.3, 0.4) is 0 Å². The third-order valence-electron chi connectivity index (χ3n) is 6.63. The third-order valence-corrected chi connectivity index (χ3v) is 7.57. The molecule has 2 aromatic carbocycles. The topological polar surface area (TPSA) is 68.4 Å². The Hall–Kier alpha value is -2.53. The average molecular weight is 575 g/mol. The molecule has 0 bridgehead atoms. The van der Waals surface area contributed by atoms with Crippen molar-refractivity contribution in [2.75, 3.05) is 63.6 Å². The third kappa shape index (κ3) is 6.42. The lowest BCUT2D eigenvalue weighted by Gasteiger charge is -2.33. The summed E-state index contributed by atoms with van der Waals surface area (Å²) in [6.45, 7) is 5.74. The fourth-order valence-corrected chi connectivity index (χ4v) is 5.19. The minimum absolute atomic E-state index is 0.0240. The summed E-state index contributed by atoms with van der Waals surface area (Å²) in [5.74, 6) is 0.292. The molecule has 2 saturated heterocycles. The number of halogens is 1. The SMILES string of the molecule is COc1ccc(N2C(=O)C(CC(=O)Nc3ccc(Br)cc3)N(CCCN3CCN(C)CC3)C2=S)cc1. The van der Waals surface area contributed by atoms with Gasteiger partial charge in [-0.1, -0.05) is 15.9 Å². The lowest BCUT2D eigenvalue weighted by Crippen LogP contribution is -2.45. The predicted molar refractivity (Wildman–Crippen MR) is 150 cm³/mol. The number of methoxy groups -OCH3 is 1. The van der Waals surface area contributed by atoms with Crippen LogP contribution in [0, 0.1) is 0 Å². The number of anilines is 2. The number of carbonyl (C=O) groups is 2. The van der Waals surface area contributed by atoms with Gasteiger partial charge in [0.25, 0.3) is 5.91 Å². The first-order chi connectivity index (χ1) is 17.4. The summed E-state index contributed by atoms with van der Waals surface area (Å²) < 4.78 is 6.18. The molecular weight excluding hydrogens is 542 g/mol. The van der Waals surface area contributed by atoms with Crippen molar-refractivity contribution in [2.24, 2.45) is 0 Å². The Balaban J connectivity index is 1.47. The number of nitrogens with zero attached hydrogens (tertiary/aromatic N) is 4. The molecule has 0 aliphatic carbocycles. The van der Waals surface area contributed by atoms with E-state index in [0.29, 0.717) is 28.8 Å². The summed E-state index contributed by atoms with van der Waals surface area (Å²) in [6.07, 6.45) is 0.884. The van der Waals surface area contributed by atoms with Crippen molar-refractivity contribution in [1.29, 1.82) is 0 Å². The maximum Gasteiger partial charge on any atom is 0.256 e. The molecule has 1 atom stereocenters. The molecule has 2 heterocycles. The van der Waals surface area contributed by atoms with Gasteiger partial charge in [-0.3, -0.25) is 14.5 Å². The largest absolute Gasteiger partial charge is 0.497 e. The van der Waals surface area contributed by atoms with Gasteiger partial charge in [-0.05, 0) is 80.8 Å². The first-order valence-corrected chi connectivity index (χ1v) is 13.3. The molecule has 2 amide bonds. The molecule has 0 spiro atoms. The zero-order valence-corrected chi connectivity index (χ0v) is 23.1. The highest BCUT2D eigenvalue weighted by Gasteiger charge is 2.43. The number of rotatable bonds is 9. The normalized spacial score (nSPS) is 19.1. The van der Waals surface area contributed by atoms with Crippen LogP contribution < -0.4 is 15.0 Å². The van der Waals surface area contributed by atoms with E-state index in [1.165, 1.54) is 0 Å². The van der Waals surface area contributed by atoms with Crippen LogP contribution >= 0.6 is 28.1 Å². The molecule has 10 heteroatoms. The molecule has 8 nitrogen and oxygen atoms in total. The lowest BCUT2D eigenvalue weighted by molar-refractivity contribution is -0.124. The van der Waals surface area contributed by atoms with Crippen molar-refractivity contribution in [3.63, 3.8) is 0 Å². The molecular formula is C26H32BrN5O3S. The van der Waals surface area contributed by atoms with Gasteiger partial charge < -0.3 is 24.8 Å². The van der Waals surface area contributed by atoms with Crippen LogP contribution in [0.4, 0.5) is 11.4 Å². The van der Waals surface area contributed by atoms with Gasteiger partial charge in [-0.15, -0.1) is 0 Å². The minimum atomic E-state index is -0.650. The highest BCUT2D eigenvalue weighted by molar-refractivity contribution is 9.10. The molecule has 192 valence electrons. The monoisotopic (exact) mass is 573 g/mol. The van der Waals surface area contributed by atoms with Crippen LogP contribution in [-0.2, 0) is 9.59 Å². The Morgan fingerprint density at radius 1 is 1.06 bits per heavy atom. The van der Waals surface area contributed by atoms with Gasteiger partial charge in [-0.25, -0.2) is 0 Å². The first-order valence-electron chi connectivity index (χ1n) is 12.1. The van der Waals surface area contributed by atoms with Crippen LogP contribution in [-0.4, -0.2) is 91.1 Å². The molecule has 4 rings (SSSR count). The molecule has 1 N–H and O–H groups in total. The van der Waals surface area contributed by atoms with Crippen molar-refractivity contribution < 1.29 is 14.3 Å². The predicted octanol–water partition coefficient (Wildman–Crippen LogP) is 3.43. The van der Waals surface area contributed by atoms with Gasteiger partial charge in [0, 0.05) is 42.9 Å². The number of benzene rings is 2. The van der Waals surface area contributed by atoms with Crippen LogP contribution in [0.15, 0.2) is 53.0 Å². The van der Waals surface area contributed by atoms with E-state index >= 15 is 0 Å². The quantitative estimate of drug-likeness (QED) is 0.461. The number of hydrogen-bond donors (Lipinski definition) is 1. The molecule has 2 aliphatic heterocycles. The Morgan fingerprint density at radius 3 is 2.36 bits per heavy atom. The van der Waals surface area contributed by atoms with Gasteiger partial charge >= 0.3 is 0 Å². The van der Waals surface area contributed by atoms with E-state index in [1.54, 1.807) is 24.1 Å². The van der Waals surface area contributed by atoms with Crippen molar-refractivity contribution in [1.82, 2.24) is 14.7 Å². The Morgan fingerprint density at radius 2 is 1.72 bits per heavy atom. The Bertz CT molecular complexity index is 1070. The standard InChI is InChI=1S/C26H32BrN5O3S/c1-29-14-16-30(17-15-29)12-3-13-31-23(18-24(33)28-20-6-4-19(27)5-7-20)25(34)32(26(31)36)21-8-10-22(35-2)11-9-21/h4-11,23H,3,12-18H2,1-2H3,(H,28,33). The Labute approximate surface area is 226 Å². The molecule has 1 unspecified atom stereocenters. The van der Waals surface area contributed by atoms with E-state index in [-0.39, 0.29) is 18.2 Å². The number of piperazine rings is 1. The van der Waals surface area contributed by atoms with Gasteiger partial charge in [0.1, 0.15) is 11.8 Å². The van der Waals surface area contributed by atoms with Gasteiger partial charge in [-0.2, -0.15) is 0 Å². The van der Waals surface area contributed by atoms with Crippen molar-refractivity contribution in [2.45, 2.75) is 18.9 Å². The lowest BCUT2D eigenvalue weighted by atomic mass is 10.1. The highest BCUT2D eigenvalue weighted by atomic mass is 79.9. The molecule has 2 fully saturated rings.